The molecule has 0 fully saturated rings. The van der Waals surface area contributed by atoms with Crippen LogP contribution in [0.2, 0.25) is 0 Å². The molecule has 0 radical (unpaired) electrons. The van der Waals surface area contributed by atoms with Crippen molar-refractivity contribution >= 4 is 0 Å². The summed E-state index contributed by atoms with van der Waals surface area (Å²) in [6.45, 7) is 8.22. The van der Waals surface area contributed by atoms with Gasteiger partial charge in [0.15, 0.2) is 0 Å². The average molecular weight is 204 g/mol. The lowest BCUT2D eigenvalue weighted by Gasteiger charge is -2.15. The Morgan fingerprint density at radius 3 is 2.40 bits per heavy atom. The van der Waals surface area contributed by atoms with Crippen molar-refractivity contribution in [2.75, 3.05) is 0 Å². The van der Waals surface area contributed by atoms with E-state index in [0.29, 0.717) is 12.3 Å². The van der Waals surface area contributed by atoms with Crippen molar-refractivity contribution in [3.63, 3.8) is 0 Å². The summed E-state index contributed by atoms with van der Waals surface area (Å²) in [6.07, 6.45) is 1.16. The van der Waals surface area contributed by atoms with Crippen molar-refractivity contribution in [1.82, 2.24) is 0 Å². The van der Waals surface area contributed by atoms with E-state index in [1.165, 1.54) is 0 Å². The summed E-state index contributed by atoms with van der Waals surface area (Å²) in [5.74, 6) is 0.558. The van der Waals surface area contributed by atoms with Gasteiger partial charge in [-0.3, -0.25) is 0 Å². The van der Waals surface area contributed by atoms with Crippen molar-refractivity contribution in [2.45, 2.75) is 32.8 Å². The monoisotopic (exact) mass is 204 g/mol. The van der Waals surface area contributed by atoms with Gasteiger partial charge in [-0.15, -0.1) is 0 Å². The van der Waals surface area contributed by atoms with E-state index >= 15 is 0 Å². The Kier molecular flexibility index (Phi) is 4.57. The maximum atomic E-state index is 9.92. The highest BCUT2D eigenvalue weighted by molar-refractivity contribution is 5.18. The van der Waals surface area contributed by atoms with Crippen LogP contribution in [-0.2, 0) is 6.42 Å². The molecule has 0 heterocycles. The number of hydrogen-bond donors (Lipinski definition) is 1. The Morgan fingerprint density at radius 1 is 1.27 bits per heavy atom. The zero-order valence-corrected chi connectivity index (χ0v) is 9.61. The van der Waals surface area contributed by atoms with Gasteiger partial charge in [0.1, 0.15) is 0 Å². The van der Waals surface area contributed by atoms with Gasteiger partial charge < -0.3 is 5.11 Å². The fourth-order valence-electron chi connectivity index (χ4n) is 1.64. The normalized spacial score (nSPS) is 12.8. The van der Waals surface area contributed by atoms with E-state index in [9.17, 15) is 5.11 Å². The summed E-state index contributed by atoms with van der Waals surface area (Å²) in [5, 5.41) is 9.92. The Balaban J connectivity index is 2.49. The molecule has 0 aliphatic rings. The van der Waals surface area contributed by atoms with Gasteiger partial charge in [-0.2, -0.15) is 0 Å². The van der Waals surface area contributed by atoms with E-state index in [2.05, 4.69) is 20.4 Å². The van der Waals surface area contributed by atoms with Crippen LogP contribution in [-0.4, -0.2) is 11.2 Å². The second-order valence-electron chi connectivity index (χ2n) is 4.46. The Morgan fingerprint density at radius 2 is 1.87 bits per heavy atom. The molecule has 0 saturated carbocycles. The average Bonchev–Trinajstić information content (AvgIpc) is 2.18. The molecule has 0 saturated heterocycles. The van der Waals surface area contributed by atoms with Gasteiger partial charge in [-0.05, 0) is 23.5 Å². The molecule has 0 aliphatic carbocycles. The van der Waals surface area contributed by atoms with E-state index < -0.39 is 6.10 Å². The van der Waals surface area contributed by atoms with Crippen LogP contribution in [0.1, 0.15) is 25.8 Å². The van der Waals surface area contributed by atoms with E-state index in [-0.39, 0.29) is 0 Å². The van der Waals surface area contributed by atoms with Crippen LogP contribution in [0.4, 0.5) is 0 Å². The van der Waals surface area contributed by atoms with Gasteiger partial charge >= 0.3 is 0 Å². The Bertz CT molecular complexity index is 300. The lowest BCUT2D eigenvalue weighted by Crippen LogP contribution is -2.14. The van der Waals surface area contributed by atoms with Gasteiger partial charge in [0.25, 0.3) is 0 Å². The van der Waals surface area contributed by atoms with Gasteiger partial charge in [-0.1, -0.05) is 50.8 Å². The van der Waals surface area contributed by atoms with Crippen molar-refractivity contribution in [2.24, 2.45) is 5.92 Å². The number of benzene rings is 1. The predicted molar refractivity (Wildman–Crippen MR) is 64.7 cm³/mol. The molecule has 1 atom stereocenters. The molecule has 0 bridgehead atoms. The summed E-state index contributed by atoms with van der Waals surface area (Å²) in [5.41, 5.74) is 2.10. The zero-order chi connectivity index (χ0) is 11.3. The molecule has 1 rings (SSSR count). The third-order valence-corrected chi connectivity index (χ3v) is 2.41. The van der Waals surface area contributed by atoms with Crippen LogP contribution < -0.4 is 0 Å². The minimum absolute atomic E-state index is 0.408. The largest absolute Gasteiger partial charge is 0.388 e. The minimum Gasteiger partial charge on any atom is -0.388 e. The van der Waals surface area contributed by atoms with Crippen molar-refractivity contribution in [3.05, 3.63) is 48.0 Å². The maximum absolute atomic E-state index is 9.92. The Labute approximate surface area is 92.5 Å². The summed E-state index contributed by atoms with van der Waals surface area (Å²) in [7, 11) is 0. The van der Waals surface area contributed by atoms with Crippen LogP contribution in [0.15, 0.2) is 42.5 Å². The highest BCUT2D eigenvalue weighted by Gasteiger charge is 2.10. The van der Waals surface area contributed by atoms with E-state index in [4.69, 9.17) is 0 Å². The molecule has 1 aromatic rings. The fourth-order valence-corrected chi connectivity index (χ4v) is 1.64. The van der Waals surface area contributed by atoms with Crippen molar-refractivity contribution in [1.29, 1.82) is 0 Å². The minimum atomic E-state index is -0.408. The predicted octanol–water partition coefficient (Wildman–Crippen LogP) is 3.19. The number of rotatable bonds is 5. The highest BCUT2D eigenvalue weighted by atomic mass is 16.3. The maximum Gasteiger partial charge on any atom is 0.0787 e. The number of aliphatic hydroxyl groups is 1. The molecule has 82 valence electrons. The quantitative estimate of drug-likeness (QED) is 0.730. The van der Waals surface area contributed by atoms with Crippen molar-refractivity contribution in [3.8, 4) is 0 Å². The summed E-state index contributed by atoms with van der Waals surface area (Å²) < 4.78 is 0. The summed E-state index contributed by atoms with van der Waals surface area (Å²) in [4.78, 5) is 0. The molecule has 0 amide bonds. The molecule has 0 aromatic heterocycles. The first-order valence-electron chi connectivity index (χ1n) is 5.49. The zero-order valence-electron chi connectivity index (χ0n) is 9.61. The van der Waals surface area contributed by atoms with Crippen LogP contribution in [0.25, 0.3) is 0 Å². The van der Waals surface area contributed by atoms with Gasteiger partial charge in [0.05, 0.1) is 6.10 Å². The van der Waals surface area contributed by atoms with E-state index in [0.717, 1.165) is 17.6 Å². The second kappa shape index (κ2) is 5.72. The Hall–Kier alpha value is -1.08. The molecule has 1 unspecified atom stereocenters. The van der Waals surface area contributed by atoms with Gasteiger partial charge in [0.2, 0.25) is 0 Å². The molecular formula is C14H20O. The smallest absolute Gasteiger partial charge is 0.0787 e. The number of aliphatic hydroxyl groups excluding tert-OH is 1. The van der Waals surface area contributed by atoms with E-state index in [1.807, 2.05) is 30.3 Å². The van der Waals surface area contributed by atoms with E-state index in [1.54, 1.807) is 0 Å². The standard InChI is InChI=1S/C14H20O/c1-11(2)9-12(3)14(15)10-13-7-5-4-6-8-13/h4-8,11,14-15H,3,9-10H2,1-2H3. The second-order valence-corrected chi connectivity index (χ2v) is 4.46. The van der Waals surface area contributed by atoms with Crippen LogP contribution in [0, 0.1) is 5.92 Å². The highest BCUT2D eigenvalue weighted by Crippen LogP contribution is 2.15. The molecule has 15 heavy (non-hydrogen) atoms. The van der Waals surface area contributed by atoms with Gasteiger partial charge in [0, 0.05) is 6.42 Å². The molecule has 0 aliphatic heterocycles. The lowest BCUT2D eigenvalue weighted by molar-refractivity contribution is 0.204. The van der Waals surface area contributed by atoms with Crippen molar-refractivity contribution < 1.29 is 5.11 Å². The van der Waals surface area contributed by atoms with Gasteiger partial charge in [-0.25, -0.2) is 0 Å². The topological polar surface area (TPSA) is 20.2 Å². The third kappa shape index (κ3) is 4.30. The van der Waals surface area contributed by atoms with Crippen LogP contribution >= 0.6 is 0 Å². The summed E-state index contributed by atoms with van der Waals surface area (Å²) >= 11 is 0. The third-order valence-electron chi connectivity index (χ3n) is 2.41. The molecule has 1 nitrogen and oxygen atoms in total. The fraction of sp³-hybridized carbons (Fsp3) is 0.429. The molecule has 1 N–H and O–H groups in total. The number of hydrogen-bond acceptors (Lipinski definition) is 1. The first-order valence-corrected chi connectivity index (χ1v) is 5.49. The molecular weight excluding hydrogens is 184 g/mol. The first kappa shape index (κ1) is 12.0. The lowest BCUT2D eigenvalue weighted by atomic mass is 9.96. The van der Waals surface area contributed by atoms with Crippen LogP contribution in [0.3, 0.4) is 0 Å². The molecule has 1 aromatic carbocycles. The van der Waals surface area contributed by atoms with Crippen LogP contribution in [0.5, 0.6) is 0 Å². The molecule has 1 heteroatoms. The molecule has 0 spiro atoms. The SMILES string of the molecule is C=C(CC(C)C)C(O)Cc1ccccc1. The summed E-state index contributed by atoms with van der Waals surface area (Å²) in [6, 6.07) is 10.0. The first-order chi connectivity index (χ1) is 7.09.